The lowest BCUT2D eigenvalue weighted by molar-refractivity contribution is -0.150. The van der Waals surface area contributed by atoms with Crippen LogP contribution in [0.3, 0.4) is 0 Å². The number of nitrogens with zero attached hydrogens (tertiary/aromatic N) is 4. The zero-order valence-corrected chi connectivity index (χ0v) is 33.5. The number of ketones is 1. The van der Waals surface area contributed by atoms with Crippen LogP contribution in [0.2, 0.25) is 0 Å². The molecule has 2 aliphatic rings. The molecule has 3 amide bonds. The summed E-state index contributed by atoms with van der Waals surface area (Å²) in [7, 11) is 7.03. The molecular formula is C41H68N4O7. The molecule has 2 fully saturated rings. The molecule has 1 N–H and O–H groups in total. The van der Waals surface area contributed by atoms with Crippen LogP contribution in [0.1, 0.15) is 78.7 Å². The minimum atomic E-state index is -0.567. The van der Waals surface area contributed by atoms with Crippen molar-refractivity contribution < 1.29 is 33.8 Å². The van der Waals surface area contributed by atoms with Gasteiger partial charge in [0.2, 0.25) is 17.7 Å². The summed E-state index contributed by atoms with van der Waals surface area (Å²) in [5.41, 5.74) is 1.08. The van der Waals surface area contributed by atoms with Crippen molar-refractivity contribution in [3.05, 3.63) is 35.9 Å². The highest BCUT2D eigenvalue weighted by Crippen LogP contribution is 2.31. The highest BCUT2D eigenvalue weighted by molar-refractivity contribution is 5.86. The number of hydrogen-bond acceptors (Lipinski definition) is 8. The molecule has 0 aliphatic carbocycles. The number of ether oxygens (including phenoxy) is 2. The summed E-state index contributed by atoms with van der Waals surface area (Å²) in [6, 6.07) is 9.20. The molecule has 2 aliphatic heterocycles. The average Bonchev–Trinajstić information content (AvgIpc) is 3.63. The van der Waals surface area contributed by atoms with E-state index in [0.29, 0.717) is 26.1 Å². The van der Waals surface area contributed by atoms with Crippen LogP contribution in [-0.2, 0) is 35.1 Å². The number of hydrogen-bond donors (Lipinski definition) is 1. The van der Waals surface area contributed by atoms with Gasteiger partial charge >= 0.3 is 0 Å². The lowest BCUT2D eigenvalue weighted by atomic mass is 9.85. The number of benzene rings is 1. The van der Waals surface area contributed by atoms with Crippen LogP contribution in [0, 0.1) is 29.6 Å². The third-order valence-corrected chi connectivity index (χ3v) is 11.8. The maximum atomic E-state index is 14.2. The van der Waals surface area contributed by atoms with Gasteiger partial charge in [-0.25, -0.2) is 0 Å². The summed E-state index contributed by atoms with van der Waals surface area (Å²) in [5, 5.41) is 10.1. The molecule has 2 heterocycles. The third-order valence-electron chi connectivity index (χ3n) is 11.8. The summed E-state index contributed by atoms with van der Waals surface area (Å²) in [6.07, 6.45) is 2.31. The fraction of sp³-hybridized carbons (Fsp3) is 0.756. The molecule has 0 bridgehead atoms. The van der Waals surface area contributed by atoms with Gasteiger partial charge in [0.15, 0.2) is 0 Å². The number of methoxy groups -OCH3 is 2. The molecule has 0 spiro atoms. The van der Waals surface area contributed by atoms with Crippen molar-refractivity contribution in [2.75, 3.05) is 67.6 Å². The average molecular weight is 729 g/mol. The van der Waals surface area contributed by atoms with Crippen LogP contribution >= 0.6 is 0 Å². The lowest BCUT2D eigenvalue weighted by Gasteiger charge is -2.41. The van der Waals surface area contributed by atoms with Gasteiger partial charge in [-0.3, -0.25) is 19.2 Å². The van der Waals surface area contributed by atoms with Crippen molar-refractivity contribution in [2.24, 2.45) is 29.6 Å². The number of likely N-dealkylation sites (tertiary alicyclic amines) is 1. The Labute approximate surface area is 313 Å². The maximum absolute atomic E-state index is 14.2. The molecular weight excluding hydrogens is 660 g/mol. The van der Waals surface area contributed by atoms with E-state index in [2.05, 4.69) is 18.7 Å². The first-order valence-electron chi connectivity index (χ1n) is 19.5. The minimum absolute atomic E-state index is 0.00988. The fourth-order valence-electron chi connectivity index (χ4n) is 8.20. The van der Waals surface area contributed by atoms with Gasteiger partial charge in [-0.2, -0.15) is 0 Å². The molecule has 0 aromatic heterocycles. The molecule has 52 heavy (non-hydrogen) atoms. The van der Waals surface area contributed by atoms with Gasteiger partial charge in [0, 0.05) is 85.3 Å². The molecule has 3 rings (SSSR count). The Bertz CT molecular complexity index is 1270. The van der Waals surface area contributed by atoms with Crippen molar-refractivity contribution in [1.82, 2.24) is 19.6 Å². The number of aliphatic hydroxyl groups is 1. The van der Waals surface area contributed by atoms with Crippen LogP contribution in [0.5, 0.6) is 0 Å². The van der Waals surface area contributed by atoms with E-state index >= 15 is 0 Å². The first kappa shape index (κ1) is 43.5. The number of rotatable bonds is 20. The van der Waals surface area contributed by atoms with E-state index in [0.717, 1.165) is 37.9 Å². The van der Waals surface area contributed by atoms with Crippen LogP contribution in [0.25, 0.3) is 0 Å². The topological polar surface area (TPSA) is 120 Å². The zero-order valence-electron chi connectivity index (χ0n) is 33.5. The predicted octanol–water partition coefficient (Wildman–Crippen LogP) is 4.15. The largest absolute Gasteiger partial charge is 0.396 e. The number of piperazine rings is 1. The van der Waals surface area contributed by atoms with E-state index in [9.17, 15) is 24.3 Å². The minimum Gasteiger partial charge on any atom is -0.396 e. The van der Waals surface area contributed by atoms with E-state index in [4.69, 9.17) is 9.47 Å². The van der Waals surface area contributed by atoms with Crippen molar-refractivity contribution in [1.29, 1.82) is 0 Å². The number of carbonyl (C=O) groups is 4. The zero-order chi connectivity index (χ0) is 38.5. The Kier molecular flexibility index (Phi) is 17.7. The van der Waals surface area contributed by atoms with Gasteiger partial charge < -0.3 is 34.2 Å². The Hall–Kier alpha value is -2.86. The van der Waals surface area contributed by atoms with Gasteiger partial charge in [0.05, 0.1) is 30.7 Å². The summed E-state index contributed by atoms with van der Waals surface area (Å²) in [5.74, 6) is -1.33. The molecule has 1 aromatic rings. The number of carbonyl (C=O) groups excluding carboxylic acids is 4. The highest BCUT2D eigenvalue weighted by atomic mass is 16.5. The molecule has 0 radical (unpaired) electrons. The lowest BCUT2D eigenvalue weighted by Crippen LogP contribution is -2.54. The van der Waals surface area contributed by atoms with Crippen LogP contribution in [0.4, 0.5) is 0 Å². The number of amides is 3. The predicted molar refractivity (Wildman–Crippen MR) is 203 cm³/mol. The summed E-state index contributed by atoms with van der Waals surface area (Å²) in [6.45, 7) is 13.4. The molecule has 1 aromatic carbocycles. The summed E-state index contributed by atoms with van der Waals surface area (Å²) >= 11 is 0. The number of aliphatic hydroxyl groups excluding tert-OH is 1. The SMILES string of the molecule is CC[C@H](C)[C@@H]([C@@H](CC(=O)N1CCC[C@H]1[C@H](OC)[C@@H](C)C(=O)C[C@H](CO)Cc1ccccc1)OC)N(C)C(=O)[C@@H](CC(=O)N1CCN(C)CC1)C(C)C. The van der Waals surface area contributed by atoms with Gasteiger partial charge in [-0.1, -0.05) is 71.4 Å². The summed E-state index contributed by atoms with van der Waals surface area (Å²) in [4.78, 5) is 63.0. The monoisotopic (exact) mass is 729 g/mol. The Morgan fingerprint density at radius 1 is 0.904 bits per heavy atom. The summed E-state index contributed by atoms with van der Waals surface area (Å²) < 4.78 is 12.0. The Morgan fingerprint density at radius 2 is 1.56 bits per heavy atom. The second-order valence-corrected chi connectivity index (χ2v) is 15.7. The normalized spacial score (nSPS) is 20.9. The number of Topliss-reactive ketones (excluding diaryl/α,β-unsaturated/α-hetero) is 1. The first-order valence-corrected chi connectivity index (χ1v) is 19.5. The van der Waals surface area contributed by atoms with Crippen molar-refractivity contribution in [3.63, 3.8) is 0 Å². The van der Waals surface area contributed by atoms with Crippen molar-refractivity contribution in [3.8, 4) is 0 Å². The fourth-order valence-corrected chi connectivity index (χ4v) is 8.20. The highest BCUT2D eigenvalue weighted by Gasteiger charge is 2.43. The van der Waals surface area contributed by atoms with Gasteiger partial charge in [-0.15, -0.1) is 0 Å². The van der Waals surface area contributed by atoms with E-state index in [1.54, 1.807) is 26.2 Å². The second-order valence-electron chi connectivity index (χ2n) is 15.7. The molecule has 8 atom stereocenters. The van der Waals surface area contributed by atoms with E-state index in [1.807, 2.05) is 68.0 Å². The smallest absolute Gasteiger partial charge is 0.226 e. The standard InChI is InChI=1S/C41H68N4O7/c1-10-29(4)39(43(7)41(50)33(28(2)3)25-37(48)44-21-19-42(6)20-22-44)36(51-8)26-38(49)45-18-14-17-34(45)40(52-9)30(5)35(47)24-32(27-46)23-31-15-12-11-13-16-31/h11-13,15-16,28-30,32-34,36,39-40,46H,10,14,17-27H2,1-9H3/t29-,30-,32+,33-,34-,36+,39-,40+/m0/s1. The molecule has 0 saturated carbocycles. The van der Waals surface area contributed by atoms with Crippen LogP contribution < -0.4 is 0 Å². The Balaban J connectivity index is 1.73. The molecule has 0 unspecified atom stereocenters. The second kappa shape index (κ2) is 21.1. The molecule has 11 heteroatoms. The van der Waals surface area contributed by atoms with Gasteiger partial charge in [-0.05, 0) is 49.6 Å². The molecule has 11 nitrogen and oxygen atoms in total. The van der Waals surface area contributed by atoms with Crippen LogP contribution in [0.15, 0.2) is 30.3 Å². The quantitative estimate of drug-likeness (QED) is 0.213. The van der Waals surface area contributed by atoms with E-state index in [1.165, 1.54) is 0 Å². The van der Waals surface area contributed by atoms with Crippen molar-refractivity contribution in [2.45, 2.75) is 104 Å². The third kappa shape index (κ3) is 11.6. The number of likely N-dealkylation sites (N-methyl/N-ethyl adjacent to an activating group) is 2. The van der Waals surface area contributed by atoms with Crippen molar-refractivity contribution >= 4 is 23.5 Å². The van der Waals surface area contributed by atoms with Gasteiger partial charge in [0.1, 0.15) is 5.78 Å². The Morgan fingerprint density at radius 3 is 2.12 bits per heavy atom. The maximum Gasteiger partial charge on any atom is 0.226 e. The first-order chi connectivity index (χ1) is 24.8. The van der Waals surface area contributed by atoms with E-state index in [-0.39, 0.29) is 79.2 Å². The molecule has 294 valence electrons. The van der Waals surface area contributed by atoms with Crippen LogP contribution in [-0.4, -0.2) is 140 Å². The van der Waals surface area contributed by atoms with Gasteiger partial charge in [0.25, 0.3) is 0 Å². The molecule has 2 saturated heterocycles. The van der Waals surface area contributed by atoms with E-state index < -0.39 is 24.0 Å².